The minimum Gasteiger partial charge on any atom is -0.385 e. The van der Waals surface area contributed by atoms with Crippen LogP contribution in [0, 0.1) is 12.8 Å². The summed E-state index contributed by atoms with van der Waals surface area (Å²) in [6, 6.07) is 8.27. The number of hydrogen-bond acceptors (Lipinski definition) is 3. The fourth-order valence-corrected chi connectivity index (χ4v) is 3.37. The van der Waals surface area contributed by atoms with E-state index in [4.69, 9.17) is 0 Å². The lowest BCUT2D eigenvalue weighted by Gasteiger charge is -2.31. The zero-order valence-electron chi connectivity index (χ0n) is 11.6. The molecule has 19 heavy (non-hydrogen) atoms. The Hall–Kier alpha value is -1.07. The molecule has 0 saturated carbocycles. The molecule has 0 spiro atoms. The largest absolute Gasteiger partial charge is 0.385 e. The second kappa shape index (κ2) is 5.92. The molecule has 1 saturated heterocycles. The van der Waals surface area contributed by atoms with Gasteiger partial charge in [-0.3, -0.25) is 0 Å². The Labute approximate surface area is 115 Å². The molecule has 1 N–H and O–H groups in total. The van der Waals surface area contributed by atoms with E-state index >= 15 is 0 Å². The summed E-state index contributed by atoms with van der Waals surface area (Å²) >= 11 is 0. The third-order valence-electron chi connectivity index (χ3n) is 3.60. The molecule has 0 amide bonds. The number of anilines is 1. The van der Waals surface area contributed by atoms with Crippen molar-refractivity contribution in [1.29, 1.82) is 0 Å². The van der Waals surface area contributed by atoms with Crippen molar-refractivity contribution in [2.45, 2.75) is 19.8 Å². The summed E-state index contributed by atoms with van der Waals surface area (Å²) in [5, 5.41) is 3.39. The quantitative estimate of drug-likeness (QED) is 0.920. The summed E-state index contributed by atoms with van der Waals surface area (Å²) in [4.78, 5) is 0. The lowest BCUT2D eigenvalue weighted by Crippen LogP contribution is -2.41. The van der Waals surface area contributed by atoms with E-state index in [-0.39, 0.29) is 0 Å². The molecule has 0 aromatic heterocycles. The molecule has 0 aliphatic carbocycles. The Morgan fingerprint density at radius 2 is 2.00 bits per heavy atom. The van der Waals surface area contributed by atoms with E-state index in [1.165, 1.54) is 11.8 Å². The average Bonchev–Trinajstić information content (AvgIpc) is 2.37. The van der Waals surface area contributed by atoms with Gasteiger partial charge in [0.1, 0.15) is 0 Å². The van der Waals surface area contributed by atoms with Gasteiger partial charge in [0, 0.05) is 25.3 Å². The van der Waals surface area contributed by atoms with Crippen LogP contribution in [0.25, 0.3) is 0 Å². The van der Waals surface area contributed by atoms with Gasteiger partial charge in [-0.15, -0.1) is 0 Å². The first kappa shape index (κ1) is 14.3. The number of benzene rings is 1. The smallest absolute Gasteiger partial charge is 0.211 e. The van der Waals surface area contributed by atoms with Gasteiger partial charge >= 0.3 is 0 Å². The molecule has 106 valence electrons. The Morgan fingerprint density at radius 3 is 2.63 bits per heavy atom. The van der Waals surface area contributed by atoms with Crippen molar-refractivity contribution in [3.63, 3.8) is 0 Å². The zero-order chi connectivity index (χ0) is 13.9. The van der Waals surface area contributed by atoms with Gasteiger partial charge in [-0.1, -0.05) is 17.7 Å². The minimum absolute atomic E-state index is 0.393. The Kier molecular flexibility index (Phi) is 4.47. The number of rotatable bonds is 4. The van der Waals surface area contributed by atoms with Crippen LogP contribution in [0.5, 0.6) is 0 Å². The topological polar surface area (TPSA) is 49.4 Å². The third-order valence-corrected chi connectivity index (χ3v) is 4.87. The molecule has 4 nitrogen and oxygen atoms in total. The van der Waals surface area contributed by atoms with Gasteiger partial charge in [-0.05, 0) is 37.8 Å². The van der Waals surface area contributed by atoms with Gasteiger partial charge in [0.05, 0.1) is 6.26 Å². The van der Waals surface area contributed by atoms with Crippen LogP contribution in [0.1, 0.15) is 18.4 Å². The number of nitrogens with zero attached hydrogens (tertiary/aromatic N) is 1. The molecule has 1 aliphatic heterocycles. The molecule has 2 rings (SSSR count). The van der Waals surface area contributed by atoms with E-state index < -0.39 is 10.0 Å². The van der Waals surface area contributed by atoms with Crippen molar-refractivity contribution in [1.82, 2.24) is 4.31 Å². The van der Waals surface area contributed by atoms with Crippen molar-refractivity contribution >= 4 is 15.7 Å². The van der Waals surface area contributed by atoms with E-state index in [2.05, 4.69) is 36.5 Å². The third kappa shape index (κ3) is 4.21. The van der Waals surface area contributed by atoms with Gasteiger partial charge in [-0.2, -0.15) is 0 Å². The monoisotopic (exact) mass is 282 g/mol. The summed E-state index contributed by atoms with van der Waals surface area (Å²) in [6.07, 6.45) is 3.33. The molecule has 1 heterocycles. The van der Waals surface area contributed by atoms with Crippen molar-refractivity contribution in [2.75, 3.05) is 31.2 Å². The molecule has 1 fully saturated rings. The first-order chi connectivity index (χ1) is 8.95. The summed E-state index contributed by atoms with van der Waals surface area (Å²) in [5.74, 6) is 0.393. The maximum absolute atomic E-state index is 11.5. The molecule has 1 unspecified atom stereocenters. The van der Waals surface area contributed by atoms with Crippen LogP contribution in [-0.2, 0) is 10.0 Å². The molecule has 1 atom stereocenters. The molecule has 1 aromatic rings. The van der Waals surface area contributed by atoms with Gasteiger partial charge in [-0.25, -0.2) is 12.7 Å². The van der Waals surface area contributed by atoms with Crippen molar-refractivity contribution in [3.05, 3.63) is 29.8 Å². The molecule has 0 radical (unpaired) electrons. The van der Waals surface area contributed by atoms with E-state index in [1.807, 2.05) is 0 Å². The van der Waals surface area contributed by atoms with Crippen LogP contribution in [0.15, 0.2) is 24.3 Å². The van der Waals surface area contributed by atoms with Crippen LogP contribution in [0.2, 0.25) is 0 Å². The van der Waals surface area contributed by atoms with Crippen LogP contribution < -0.4 is 5.32 Å². The second-order valence-electron chi connectivity index (χ2n) is 5.38. The van der Waals surface area contributed by atoms with Crippen LogP contribution in [0.3, 0.4) is 0 Å². The van der Waals surface area contributed by atoms with E-state index in [1.54, 1.807) is 4.31 Å². The molecular formula is C14H22N2O2S. The highest BCUT2D eigenvalue weighted by Crippen LogP contribution is 2.19. The maximum Gasteiger partial charge on any atom is 0.211 e. The van der Waals surface area contributed by atoms with Gasteiger partial charge < -0.3 is 5.32 Å². The first-order valence-electron chi connectivity index (χ1n) is 6.71. The normalized spacial score (nSPS) is 21.3. The molecule has 1 aliphatic rings. The highest BCUT2D eigenvalue weighted by Gasteiger charge is 2.25. The second-order valence-corrected chi connectivity index (χ2v) is 7.36. The summed E-state index contributed by atoms with van der Waals surface area (Å²) < 4.78 is 24.7. The number of hydrogen-bond donors (Lipinski definition) is 1. The average molecular weight is 282 g/mol. The summed E-state index contributed by atoms with van der Waals surface area (Å²) in [7, 11) is -3.04. The van der Waals surface area contributed by atoms with Gasteiger partial charge in [0.2, 0.25) is 10.0 Å². The highest BCUT2D eigenvalue weighted by atomic mass is 32.2. The van der Waals surface area contributed by atoms with Crippen molar-refractivity contribution < 1.29 is 8.42 Å². The van der Waals surface area contributed by atoms with Gasteiger partial charge in [0.15, 0.2) is 0 Å². The molecule has 5 heteroatoms. The standard InChI is InChI=1S/C14H22N2O2S/c1-12-5-7-14(8-6-12)15-10-13-4-3-9-16(11-13)19(2,17)18/h5-8,13,15H,3-4,9-11H2,1-2H3. The molecular weight excluding hydrogens is 260 g/mol. The molecule has 1 aromatic carbocycles. The molecule has 0 bridgehead atoms. The first-order valence-corrected chi connectivity index (χ1v) is 8.55. The minimum atomic E-state index is -3.04. The SMILES string of the molecule is Cc1ccc(NCC2CCCN(S(C)(=O)=O)C2)cc1. The fourth-order valence-electron chi connectivity index (χ4n) is 2.43. The number of piperidine rings is 1. The van der Waals surface area contributed by atoms with Crippen molar-refractivity contribution in [2.24, 2.45) is 5.92 Å². The maximum atomic E-state index is 11.5. The number of sulfonamides is 1. The predicted molar refractivity (Wildman–Crippen MR) is 78.8 cm³/mol. The Balaban J connectivity index is 1.87. The van der Waals surface area contributed by atoms with Crippen molar-refractivity contribution in [3.8, 4) is 0 Å². The fraction of sp³-hybridized carbons (Fsp3) is 0.571. The Bertz CT molecular complexity index is 511. The number of nitrogens with one attached hydrogen (secondary N) is 1. The lowest BCUT2D eigenvalue weighted by molar-refractivity contribution is 0.277. The summed E-state index contributed by atoms with van der Waals surface area (Å²) in [5.41, 5.74) is 2.34. The highest BCUT2D eigenvalue weighted by molar-refractivity contribution is 7.88. The van der Waals surface area contributed by atoms with E-state index in [0.717, 1.165) is 25.1 Å². The van der Waals surface area contributed by atoms with Crippen LogP contribution >= 0.6 is 0 Å². The Morgan fingerprint density at radius 1 is 1.32 bits per heavy atom. The van der Waals surface area contributed by atoms with Gasteiger partial charge in [0.25, 0.3) is 0 Å². The van der Waals surface area contributed by atoms with E-state index in [9.17, 15) is 8.42 Å². The number of aryl methyl sites for hydroxylation is 1. The zero-order valence-corrected chi connectivity index (χ0v) is 12.4. The lowest BCUT2D eigenvalue weighted by atomic mass is 9.99. The predicted octanol–water partition coefficient (Wildman–Crippen LogP) is 2.08. The summed E-state index contributed by atoms with van der Waals surface area (Å²) in [6.45, 7) is 4.20. The van der Waals surface area contributed by atoms with Crippen LogP contribution in [0.4, 0.5) is 5.69 Å². The van der Waals surface area contributed by atoms with E-state index in [0.29, 0.717) is 19.0 Å². The van der Waals surface area contributed by atoms with Crippen LogP contribution in [-0.4, -0.2) is 38.6 Å².